The van der Waals surface area contributed by atoms with Gasteiger partial charge in [-0.05, 0) is 41.8 Å². The molecule has 6 nitrogen and oxygen atoms in total. The second-order valence-electron chi connectivity index (χ2n) is 10.4. The molecule has 0 bridgehead atoms. The highest BCUT2D eigenvalue weighted by atomic mass is 16.5. The summed E-state index contributed by atoms with van der Waals surface area (Å²) >= 11 is 0. The van der Waals surface area contributed by atoms with Crippen molar-refractivity contribution in [2.75, 3.05) is 26.4 Å². The molecule has 2 aromatic rings. The number of hydrogen-bond acceptors (Lipinski definition) is 6. The molecular formula is C27H38O6. The van der Waals surface area contributed by atoms with Crippen LogP contribution in [0.15, 0.2) is 48.5 Å². The van der Waals surface area contributed by atoms with Crippen LogP contribution in [0.1, 0.15) is 52.2 Å². The highest BCUT2D eigenvalue weighted by Crippen LogP contribution is 2.65. The number of ether oxygens (including phenoxy) is 2. The van der Waals surface area contributed by atoms with Crippen LogP contribution in [0.2, 0.25) is 0 Å². The Hall–Kier alpha value is -2.12. The van der Waals surface area contributed by atoms with Crippen LogP contribution >= 0.6 is 0 Å². The van der Waals surface area contributed by atoms with Crippen LogP contribution in [-0.2, 0) is 5.41 Å². The Morgan fingerprint density at radius 3 is 1.64 bits per heavy atom. The molecule has 0 atom stereocenters. The summed E-state index contributed by atoms with van der Waals surface area (Å²) in [5, 5.41) is 41.1. The monoisotopic (exact) mass is 458 g/mol. The SMILES string of the molecule is CC(CC1(O)C(C)(C)C(O)C1(C)C)(c1cccc(OCCO)c1)c1cccc(OCCO)c1. The molecule has 0 aromatic heterocycles. The van der Waals surface area contributed by atoms with Crippen LogP contribution in [0.25, 0.3) is 0 Å². The van der Waals surface area contributed by atoms with Crippen LogP contribution in [0.4, 0.5) is 0 Å². The van der Waals surface area contributed by atoms with Crippen LogP contribution < -0.4 is 9.47 Å². The van der Waals surface area contributed by atoms with Gasteiger partial charge in [0, 0.05) is 16.2 Å². The molecule has 0 amide bonds. The van der Waals surface area contributed by atoms with E-state index in [0.717, 1.165) is 11.1 Å². The molecule has 4 N–H and O–H groups in total. The molecule has 182 valence electrons. The predicted octanol–water partition coefficient (Wildman–Crippen LogP) is 3.28. The lowest BCUT2D eigenvalue weighted by molar-refractivity contribution is -0.325. The Morgan fingerprint density at radius 1 is 0.818 bits per heavy atom. The van der Waals surface area contributed by atoms with Crippen molar-refractivity contribution in [1.29, 1.82) is 0 Å². The molecule has 1 aliphatic carbocycles. The molecule has 1 aliphatic rings. The first-order valence-corrected chi connectivity index (χ1v) is 11.5. The summed E-state index contributed by atoms with van der Waals surface area (Å²) in [5.41, 5.74) is -1.32. The lowest BCUT2D eigenvalue weighted by atomic mass is 9.39. The van der Waals surface area contributed by atoms with Gasteiger partial charge in [0.25, 0.3) is 0 Å². The zero-order chi connectivity index (χ0) is 24.5. The van der Waals surface area contributed by atoms with Gasteiger partial charge in [0.2, 0.25) is 0 Å². The fourth-order valence-corrected chi connectivity index (χ4v) is 5.63. The first-order valence-electron chi connectivity index (χ1n) is 11.5. The van der Waals surface area contributed by atoms with E-state index in [2.05, 4.69) is 6.92 Å². The number of rotatable bonds is 10. The quantitative estimate of drug-likeness (QED) is 0.436. The minimum atomic E-state index is -1.15. The fourth-order valence-electron chi connectivity index (χ4n) is 5.63. The van der Waals surface area contributed by atoms with Gasteiger partial charge in [0.1, 0.15) is 24.7 Å². The maximum atomic E-state index is 12.0. The topological polar surface area (TPSA) is 99.4 Å². The van der Waals surface area contributed by atoms with E-state index in [4.69, 9.17) is 19.7 Å². The van der Waals surface area contributed by atoms with Crippen LogP contribution in [0.5, 0.6) is 11.5 Å². The largest absolute Gasteiger partial charge is 0.491 e. The summed E-state index contributed by atoms with van der Waals surface area (Å²) in [4.78, 5) is 0. The Bertz CT molecular complexity index is 884. The molecule has 0 radical (unpaired) electrons. The molecule has 0 saturated heterocycles. The van der Waals surface area contributed by atoms with E-state index in [0.29, 0.717) is 17.9 Å². The summed E-state index contributed by atoms with van der Waals surface area (Å²) in [5.74, 6) is 1.28. The first-order chi connectivity index (χ1) is 15.4. The summed E-state index contributed by atoms with van der Waals surface area (Å²) in [6, 6.07) is 15.4. The molecule has 1 fully saturated rings. The number of aliphatic hydroxyl groups excluding tert-OH is 3. The Balaban J connectivity index is 2.12. The van der Waals surface area contributed by atoms with Gasteiger partial charge in [-0.25, -0.2) is 0 Å². The zero-order valence-corrected chi connectivity index (χ0v) is 20.3. The molecule has 33 heavy (non-hydrogen) atoms. The molecule has 0 aliphatic heterocycles. The summed E-state index contributed by atoms with van der Waals surface area (Å²) < 4.78 is 11.3. The summed E-state index contributed by atoms with van der Waals surface area (Å²) in [6.45, 7) is 9.95. The van der Waals surface area contributed by atoms with Crippen molar-refractivity contribution in [2.45, 2.75) is 58.2 Å². The van der Waals surface area contributed by atoms with E-state index in [9.17, 15) is 10.2 Å². The molecule has 1 saturated carbocycles. The number of hydrogen-bond donors (Lipinski definition) is 4. The average Bonchev–Trinajstić information content (AvgIpc) is 2.80. The van der Waals surface area contributed by atoms with Gasteiger partial charge in [-0.2, -0.15) is 0 Å². The maximum absolute atomic E-state index is 12.0. The molecule has 6 heteroatoms. The standard InChI is InChI=1S/C27H38O6/c1-24(2)23(30)25(3,4)27(24,31)18-26(5,19-8-6-10-21(16-19)32-14-12-28)20-9-7-11-22(17-20)33-15-13-29/h6-11,16-17,23,28-31H,12-15,18H2,1-5H3. The lowest BCUT2D eigenvalue weighted by Gasteiger charge is -2.69. The third-order valence-corrected chi connectivity index (χ3v) is 7.77. The highest BCUT2D eigenvalue weighted by molar-refractivity contribution is 5.46. The van der Waals surface area contributed by atoms with Gasteiger partial charge < -0.3 is 29.9 Å². The number of benzene rings is 2. The maximum Gasteiger partial charge on any atom is 0.119 e. The van der Waals surface area contributed by atoms with Gasteiger partial charge >= 0.3 is 0 Å². The van der Waals surface area contributed by atoms with E-state index in [1.165, 1.54) is 0 Å². The van der Waals surface area contributed by atoms with Crippen LogP contribution in [0, 0.1) is 10.8 Å². The Labute approximate surface area is 196 Å². The van der Waals surface area contributed by atoms with E-state index in [1.807, 2.05) is 76.2 Å². The average molecular weight is 459 g/mol. The van der Waals surface area contributed by atoms with Crippen molar-refractivity contribution in [3.05, 3.63) is 59.7 Å². The smallest absolute Gasteiger partial charge is 0.119 e. The Kier molecular flexibility index (Phi) is 7.16. The third-order valence-electron chi connectivity index (χ3n) is 7.77. The molecular weight excluding hydrogens is 420 g/mol. The predicted molar refractivity (Wildman–Crippen MR) is 128 cm³/mol. The van der Waals surface area contributed by atoms with Crippen molar-refractivity contribution in [3.63, 3.8) is 0 Å². The van der Waals surface area contributed by atoms with Crippen molar-refractivity contribution >= 4 is 0 Å². The lowest BCUT2D eigenvalue weighted by Crippen LogP contribution is -2.77. The minimum absolute atomic E-state index is 0.0776. The summed E-state index contributed by atoms with van der Waals surface area (Å²) in [7, 11) is 0. The minimum Gasteiger partial charge on any atom is -0.491 e. The zero-order valence-electron chi connectivity index (χ0n) is 20.3. The van der Waals surface area contributed by atoms with Gasteiger partial charge in [-0.1, -0.05) is 58.9 Å². The second kappa shape index (κ2) is 9.26. The van der Waals surface area contributed by atoms with Crippen molar-refractivity contribution in [3.8, 4) is 11.5 Å². The molecule has 2 aromatic carbocycles. The van der Waals surface area contributed by atoms with Crippen LogP contribution in [0.3, 0.4) is 0 Å². The van der Waals surface area contributed by atoms with Crippen molar-refractivity contribution < 1.29 is 29.9 Å². The Morgan fingerprint density at radius 2 is 1.24 bits per heavy atom. The second-order valence-corrected chi connectivity index (χ2v) is 10.4. The number of aliphatic hydroxyl groups is 4. The van der Waals surface area contributed by atoms with E-state index < -0.39 is 27.9 Å². The fraction of sp³-hybridized carbons (Fsp3) is 0.556. The molecule has 0 unspecified atom stereocenters. The molecule has 0 spiro atoms. The van der Waals surface area contributed by atoms with Gasteiger partial charge in [-0.15, -0.1) is 0 Å². The van der Waals surface area contributed by atoms with Crippen molar-refractivity contribution in [1.82, 2.24) is 0 Å². The summed E-state index contributed by atoms with van der Waals surface area (Å²) in [6.07, 6.45) is -0.276. The normalized spacial score (nSPS) is 23.6. The first kappa shape index (κ1) is 25.5. The van der Waals surface area contributed by atoms with Gasteiger partial charge in [-0.3, -0.25) is 0 Å². The van der Waals surface area contributed by atoms with E-state index in [1.54, 1.807) is 0 Å². The van der Waals surface area contributed by atoms with Gasteiger partial charge in [0.05, 0.1) is 24.9 Å². The van der Waals surface area contributed by atoms with Crippen LogP contribution in [-0.4, -0.2) is 58.6 Å². The highest BCUT2D eigenvalue weighted by Gasteiger charge is 2.72. The van der Waals surface area contributed by atoms with E-state index in [-0.39, 0.29) is 26.4 Å². The van der Waals surface area contributed by atoms with E-state index >= 15 is 0 Å². The van der Waals surface area contributed by atoms with Gasteiger partial charge in [0.15, 0.2) is 0 Å². The molecule has 3 rings (SSSR count). The van der Waals surface area contributed by atoms with Crippen molar-refractivity contribution in [2.24, 2.45) is 10.8 Å². The molecule has 0 heterocycles. The third kappa shape index (κ3) is 4.26.